The Balaban J connectivity index is 1.74. The Morgan fingerprint density at radius 3 is 2.70 bits per heavy atom. The van der Waals surface area contributed by atoms with Crippen molar-refractivity contribution in [3.63, 3.8) is 0 Å². The van der Waals surface area contributed by atoms with Crippen LogP contribution in [0, 0.1) is 6.92 Å². The fourth-order valence-electron chi connectivity index (χ4n) is 2.02. The van der Waals surface area contributed by atoms with Gasteiger partial charge in [0.05, 0.1) is 5.56 Å². The van der Waals surface area contributed by atoms with Crippen LogP contribution in [-0.4, -0.2) is 16.0 Å². The molecule has 1 aromatic carbocycles. The molecule has 1 amide bonds. The van der Waals surface area contributed by atoms with E-state index in [-0.39, 0.29) is 18.2 Å². The summed E-state index contributed by atoms with van der Waals surface area (Å²) < 4.78 is 10.8. The van der Waals surface area contributed by atoms with Gasteiger partial charge in [-0.05, 0) is 31.2 Å². The largest absolute Gasteiger partial charge is 0.489 e. The van der Waals surface area contributed by atoms with Crippen molar-refractivity contribution in [2.75, 3.05) is 5.32 Å². The number of nitrogens with one attached hydrogen (secondary N) is 1. The molecule has 0 fully saturated rings. The fourth-order valence-corrected chi connectivity index (χ4v) is 2.02. The standard InChI is InChI=1S/C17H15N3O3/c1-12-14(11-22-13-7-3-2-4-8-13)16(20-23-12)17(21)19-15-9-5-6-10-18-15/h2-10H,11H2,1H3,(H,18,19,21). The van der Waals surface area contributed by atoms with Gasteiger partial charge in [-0.25, -0.2) is 4.98 Å². The zero-order valence-corrected chi connectivity index (χ0v) is 12.5. The summed E-state index contributed by atoms with van der Waals surface area (Å²) in [6.45, 7) is 1.94. The summed E-state index contributed by atoms with van der Waals surface area (Å²) >= 11 is 0. The summed E-state index contributed by atoms with van der Waals surface area (Å²) in [7, 11) is 0. The van der Waals surface area contributed by atoms with E-state index >= 15 is 0 Å². The molecule has 0 spiro atoms. The second-order valence-corrected chi connectivity index (χ2v) is 4.84. The molecule has 3 rings (SSSR count). The van der Waals surface area contributed by atoms with E-state index in [0.29, 0.717) is 22.9 Å². The van der Waals surface area contributed by atoms with Crippen LogP contribution in [0.3, 0.4) is 0 Å². The molecule has 0 unspecified atom stereocenters. The predicted octanol–water partition coefficient (Wildman–Crippen LogP) is 3.21. The summed E-state index contributed by atoms with van der Waals surface area (Å²) in [4.78, 5) is 16.4. The number of benzene rings is 1. The quantitative estimate of drug-likeness (QED) is 0.783. The van der Waals surface area contributed by atoms with Crippen LogP contribution in [0.4, 0.5) is 5.82 Å². The first kappa shape index (κ1) is 14.8. The van der Waals surface area contributed by atoms with Crippen molar-refractivity contribution >= 4 is 11.7 Å². The first-order valence-corrected chi connectivity index (χ1v) is 7.09. The van der Waals surface area contributed by atoms with Crippen LogP contribution in [0.25, 0.3) is 0 Å². The van der Waals surface area contributed by atoms with Gasteiger partial charge >= 0.3 is 0 Å². The van der Waals surface area contributed by atoms with Gasteiger partial charge in [-0.3, -0.25) is 4.79 Å². The molecule has 1 N–H and O–H groups in total. The van der Waals surface area contributed by atoms with Crippen LogP contribution in [0.5, 0.6) is 5.75 Å². The van der Waals surface area contributed by atoms with Crippen LogP contribution >= 0.6 is 0 Å². The van der Waals surface area contributed by atoms with E-state index in [4.69, 9.17) is 9.26 Å². The van der Waals surface area contributed by atoms with E-state index in [9.17, 15) is 4.79 Å². The van der Waals surface area contributed by atoms with Crippen molar-refractivity contribution in [3.8, 4) is 5.75 Å². The number of carbonyl (C=O) groups is 1. The summed E-state index contributed by atoms with van der Waals surface area (Å²) in [6, 6.07) is 14.6. The smallest absolute Gasteiger partial charge is 0.279 e. The number of hydrogen-bond donors (Lipinski definition) is 1. The molecule has 23 heavy (non-hydrogen) atoms. The van der Waals surface area contributed by atoms with E-state index in [0.717, 1.165) is 0 Å². The summed E-state index contributed by atoms with van der Waals surface area (Å²) in [6.07, 6.45) is 1.60. The lowest BCUT2D eigenvalue weighted by Gasteiger charge is -2.06. The van der Waals surface area contributed by atoms with Crippen molar-refractivity contribution in [2.45, 2.75) is 13.5 Å². The molecule has 0 bridgehead atoms. The van der Waals surface area contributed by atoms with Crippen molar-refractivity contribution in [2.24, 2.45) is 0 Å². The predicted molar refractivity (Wildman–Crippen MR) is 84.2 cm³/mol. The number of aryl methyl sites for hydroxylation is 1. The lowest BCUT2D eigenvalue weighted by Crippen LogP contribution is -2.16. The molecule has 6 nitrogen and oxygen atoms in total. The van der Waals surface area contributed by atoms with Gasteiger partial charge in [0.15, 0.2) is 5.69 Å². The van der Waals surface area contributed by atoms with E-state index in [1.807, 2.05) is 30.3 Å². The van der Waals surface area contributed by atoms with Gasteiger partial charge < -0.3 is 14.6 Å². The topological polar surface area (TPSA) is 77.3 Å². The third-order valence-electron chi connectivity index (χ3n) is 3.23. The number of para-hydroxylation sites is 1. The van der Waals surface area contributed by atoms with Gasteiger partial charge in [0.1, 0.15) is 23.9 Å². The Morgan fingerprint density at radius 1 is 1.17 bits per heavy atom. The molecule has 2 aromatic heterocycles. The van der Waals surface area contributed by atoms with Gasteiger partial charge in [0, 0.05) is 6.20 Å². The molecule has 3 aromatic rings. The van der Waals surface area contributed by atoms with Crippen LogP contribution in [0.15, 0.2) is 59.3 Å². The molecule has 0 atom stereocenters. The Hall–Kier alpha value is -3.15. The minimum Gasteiger partial charge on any atom is -0.489 e. The van der Waals surface area contributed by atoms with Crippen LogP contribution in [0.2, 0.25) is 0 Å². The molecule has 6 heteroatoms. The van der Waals surface area contributed by atoms with Crippen molar-refractivity contribution < 1.29 is 14.1 Å². The van der Waals surface area contributed by atoms with E-state index in [1.54, 1.807) is 31.3 Å². The number of ether oxygens (including phenoxy) is 1. The van der Waals surface area contributed by atoms with Crippen molar-refractivity contribution in [3.05, 3.63) is 71.7 Å². The highest BCUT2D eigenvalue weighted by molar-refractivity contribution is 6.03. The molecular formula is C17H15N3O3. The number of aromatic nitrogens is 2. The maximum Gasteiger partial charge on any atom is 0.279 e. The van der Waals surface area contributed by atoms with Gasteiger partial charge in [0.2, 0.25) is 0 Å². The molecule has 0 aliphatic heterocycles. The first-order chi connectivity index (χ1) is 11.2. The van der Waals surface area contributed by atoms with Crippen LogP contribution < -0.4 is 10.1 Å². The highest BCUT2D eigenvalue weighted by atomic mass is 16.5. The third kappa shape index (κ3) is 3.55. The molecular weight excluding hydrogens is 294 g/mol. The third-order valence-corrected chi connectivity index (χ3v) is 3.23. The number of rotatable bonds is 5. The molecule has 2 heterocycles. The minimum absolute atomic E-state index is 0.198. The average Bonchev–Trinajstić information content (AvgIpc) is 2.96. The zero-order valence-electron chi connectivity index (χ0n) is 12.5. The number of amides is 1. The highest BCUT2D eigenvalue weighted by Gasteiger charge is 2.20. The zero-order chi connectivity index (χ0) is 16.1. The van der Waals surface area contributed by atoms with E-state index < -0.39 is 0 Å². The Morgan fingerprint density at radius 2 is 1.96 bits per heavy atom. The molecule has 0 saturated heterocycles. The maximum absolute atomic E-state index is 12.3. The van der Waals surface area contributed by atoms with Crippen LogP contribution in [0.1, 0.15) is 21.8 Å². The Labute approximate surface area is 133 Å². The number of pyridine rings is 1. The van der Waals surface area contributed by atoms with E-state index in [1.165, 1.54) is 0 Å². The lowest BCUT2D eigenvalue weighted by molar-refractivity contribution is 0.101. The molecule has 0 aliphatic rings. The van der Waals surface area contributed by atoms with Gasteiger partial charge in [0.25, 0.3) is 5.91 Å². The molecule has 0 aliphatic carbocycles. The van der Waals surface area contributed by atoms with Gasteiger partial charge in [-0.2, -0.15) is 0 Å². The SMILES string of the molecule is Cc1onc(C(=O)Nc2ccccn2)c1COc1ccccc1. The van der Waals surface area contributed by atoms with Crippen molar-refractivity contribution in [1.29, 1.82) is 0 Å². The van der Waals surface area contributed by atoms with Crippen LogP contribution in [-0.2, 0) is 6.61 Å². The average molecular weight is 309 g/mol. The number of nitrogens with zero attached hydrogens (tertiary/aromatic N) is 2. The molecule has 0 saturated carbocycles. The van der Waals surface area contributed by atoms with Gasteiger partial charge in [-0.1, -0.05) is 29.4 Å². The number of carbonyl (C=O) groups excluding carboxylic acids is 1. The molecule has 0 radical (unpaired) electrons. The van der Waals surface area contributed by atoms with Gasteiger partial charge in [-0.15, -0.1) is 0 Å². The van der Waals surface area contributed by atoms with Crippen molar-refractivity contribution in [1.82, 2.24) is 10.1 Å². The Bertz CT molecular complexity index is 785. The summed E-state index contributed by atoms with van der Waals surface area (Å²) in [5.41, 5.74) is 0.811. The van der Waals surface area contributed by atoms with E-state index in [2.05, 4.69) is 15.5 Å². The fraction of sp³-hybridized carbons (Fsp3) is 0.118. The minimum atomic E-state index is -0.382. The maximum atomic E-state index is 12.3. The second-order valence-electron chi connectivity index (χ2n) is 4.84. The summed E-state index contributed by atoms with van der Waals surface area (Å²) in [5, 5.41) is 6.51. The molecule has 116 valence electrons. The normalized spacial score (nSPS) is 10.3. The number of hydrogen-bond acceptors (Lipinski definition) is 5. The summed E-state index contributed by atoms with van der Waals surface area (Å²) in [5.74, 6) is 1.33. The lowest BCUT2D eigenvalue weighted by atomic mass is 10.2. The Kier molecular flexibility index (Phi) is 4.33. The monoisotopic (exact) mass is 309 g/mol. The first-order valence-electron chi connectivity index (χ1n) is 7.09. The highest BCUT2D eigenvalue weighted by Crippen LogP contribution is 2.18. The number of anilines is 1. The second kappa shape index (κ2) is 6.74.